The third-order valence-electron chi connectivity index (χ3n) is 6.87. The highest BCUT2D eigenvalue weighted by atomic mass is 16.5. The van der Waals surface area contributed by atoms with Crippen LogP contribution >= 0.6 is 0 Å². The Labute approximate surface area is 219 Å². The van der Waals surface area contributed by atoms with Gasteiger partial charge >= 0.3 is 5.97 Å². The van der Waals surface area contributed by atoms with Gasteiger partial charge in [-0.3, -0.25) is 14.4 Å². The highest BCUT2D eigenvalue weighted by Crippen LogP contribution is 2.31. The summed E-state index contributed by atoms with van der Waals surface area (Å²) in [6, 6.07) is 25.5. The minimum Gasteiger partial charge on any atom is -0.488 e. The summed E-state index contributed by atoms with van der Waals surface area (Å²) in [7, 11) is 0. The smallest absolute Gasteiger partial charge is 0.310 e. The van der Waals surface area contributed by atoms with E-state index < -0.39 is 5.97 Å². The summed E-state index contributed by atoms with van der Waals surface area (Å²) in [4.78, 5) is 38.7. The summed E-state index contributed by atoms with van der Waals surface area (Å²) in [6.45, 7) is 0.839. The average molecular weight is 505 g/mol. The molecule has 0 amide bonds. The van der Waals surface area contributed by atoms with Crippen LogP contribution in [-0.4, -0.2) is 24.1 Å². The van der Waals surface area contributed by atoms with Crippen molar-refractivity contribution in [3.63, 3.8) is 0 Å². The van der Waals surface area contributed by atoms with Gasteiger partial charge in [0.2, 0.25) is 0 Å². The lowest BCUT2D eigenvalue weighted by Crippen LogP contribution is -2.12. The molecule has 4 aromatic rings. The highest BCUT2D eigenvalue weighted by molar-refractivity contribution is 6.12. The van der Waals surface area contributed by atoms with Crippen molar-refractivity contribution in [1.82, 2.24) is 0 Å². The summed E-state index contributed by atoms with van der Waals surface area (Å²) >= 11 is 0. The first-order valence-electron chi connectivity index (χ1n) is 12.5. The van der Waals surface area contributed by atoms with Crippen LogP contribution in [0.3, 0.4) is 0 Å². The van der Waals surface area contributed by atoms with E-state index in [-0.39, 0.29) is 24.6 Å². The Hall–Kier alpha value is -4.71. The van der Waals surface area contributed by atoms with E-state index in [9.17, 15) is 14.4 Å². The van der Waals surface area contributed by atoms with Crippen molar-refractivity contribution in [2.24, 2.45) is 0 Å². The molecule has 0 aliphatic carbocycles. The van der Waals surface area contributed by atoms with Crippen molar-refractivity contribution in [2.75, 3.05) is 6.61 Å². The van der Waals surface area contributed by atoms with Crippen LogP contribution in [0.15, 0.2) is 84.9 Å². The minimum atomic E-state index is -0.393. The molecule has 0 saturated carbocycles. The summed E-state index contributed by atoms with van der Waals surface area (Å²) < 4.78 is 17.2. The van der Waals surface area contributed by atoms with Gasteiger partial charge in [-0.15, -0.1) is 0 Å². The fourth-order valence-corrected chi connectivity index (χ4v) is 4.86. The molecule has 0 radical (unpaired) electrons. The van der Waals surface area contributed by atoms with E-state index >= 15 is 0 Å². The van der Waals surface area contributed by atoms with Crippen LogP contribution in [0.25, 0.3) is 0 Å². The van der Waals surface area contributed by atoms with Gasteiger partial charge in [-0.2, -0.15) is 0 Å². The fourth-order valence-electron chi connectivity index (χ4n) is 4.86. The summed E-state index contributed by atoms with van der Waals surface area (Å²) in [5.74, 6) is 0.475. The van der Waals surface area contributed by atoms with Crippen LogP contribution in [-0.2, 0) is 35.6 Å². The maximum atomic E-state index is 13.1. The first kappa shape index (κ1) is 23.7. The van der Waals surface area contributed by atoms with E-state index in [0.29, 0.717) is 59.0 Å². The fraction of sp³-hybridized carbons (Fsp3) is 0.156. The first-order chi connectivity index (χ1) is 18.6. The predicted molar refractivity (Wildman–Crippen MR) is 140 cm³/mol. The van der Waals surface area contributed by atoms with E-state index in [4.69, 9.17) is 14.2 Å². The Bertz CT molecular complexity index is 1580. The first-order valence-corrected chi connectivity index (χ1v) is 12.5. The van der Waals surface area contributed by atoms with Crippen LogP contribution in [0.2, 0.25) is 0 Å². The zero-order valence-corrected chi connectivity index (χ0v) is 20.6. The molecule has 0 spiro atoms. The Kier molecular flexibility index (Phi) is 6.22. The lowest BCUT2D eigenvalue weighted by molar-refractivity contribution is -0.142. The molecule has 6 nitrogen and oxygen atoms in total. The number of benzene rings is 4. The van der Waals surface area contributed by atoms with E-state index in [0.717, 1.165) is 16.7 Å². The topological polar surface area (TPSA) is 78.9 Å². The van der Waals surface area contributed by atoms with Crippen LogP contribution in [0.1, 0.15) is 54.1 Å². The van der Waals surface area contributed by atoms with Crippen LogP contribution in [0, 0.1) is 0 Å². The zero-order valence-electron chi connectivity index (χ0n) is 20.6. The standard InChI is InChI=1S/C32H24O6/c33-30(17-21-10-12-29-27(16-21)32(35)25-8-4-2-6-23(25)19-38-29)36-14-13-20-9-11-28-26(15-20)31(34)24-7-3-1-5-22(24)18-37-28/h1-12,15-16H,13-14,17-19H2. The molecule has 0 aromatic heterocycles. The molecule has 6 rings (SSSR count). The molecule has 188 valence electrons. The molecule has 2 heterocycles. The Morgan fingerprint density at radius 1 is 0.658 bits per heavy atom. The number of ketones is 2. The molecule has 0 fully saturated rings. The monoisotopic (exact) mass is 504 g/mol. The second kappa shape index (κ2) is 9.98. The quantitative estimate of drug-likeness (QED) is 0.345. The number of ether oxygens (including phenoxy) is 3. The SMILES string of the molecule is O=C(Cc1ccc2c(c1)C(=O)c1ccccc1CO2)OCCc1ccc2c(c1)C(=O)c1ccccc1CO2. The van der Waals surface area contributed by atoms with Gasteiger partial charge in [0.15, 0.2) is 11.6 Å². The summed E-state index contributed by atoms with van der Waals surface area (Å²) in [6.07, 6.45) is 0.497. The Morgan fingerprint density at radius 2 is 1.18 bits per heavy atom. The molecule has 4 aromatic carbocycles. The molecule has 0 saturated heterocycles. The van der Waals surface area contributed by atoms with E-state index in [1.807, 2.05) is 54.6 Å². The molecule has 2 aliphatic rings. The predicted octanol–water partition coefficient (Wildman–Crippen LogP) is 5.26. The normalized spacial score (nSPS) is 13.5. The van der Waals surface area contributed by atoms with Crippen molar-refractivity contribution < 1.29 is 28.6 Å². The van der Waals surface area contributed by atoms with Gasteiger partial charge in [0.05, 0.1) is 24.2 Å². The number of carbonyl (C=O) groups excluding carboxylic acids is 3. The second-order valence-corrected chi connectivity index (χ2v) is 9.36. The summed E-state index contributed by atoms with van der Waals surface area (Å²) in [5.41, 5.74) is 5.46. The highest BCUT2D eigenvalue weighted by Gasteiger charge is 2.24. The van der Waals surface area contributed by atoms with E-state index in [1.54, 1.807) is 30.3 Å². The van der Waals surface area contributed by atoms with E-state index in [2.05, 4.69) is 0 Å². The lowest BCUT2D eigenvalue weighted by atomic mass is 9.97. The molecule has 0 bridgehead atoms. The molecule has 0 N–H and O–H groups in total. The molecule has 0 atom stereocenters. The van der Waals surface area contributed by atoms with Crippen molar-refractivity contribution in [1.29, 1.82) is 0 Å². The molecular weight excluding hydrogens is 480 g/mol. The minimum absolute atomic E-state index is 0.0372. The molecule has 0 unspecified atom stereocenters. The van der Waals surface area contributed by atoms with Crippen molar-refractivity contribution in [2.45, 2.75) is 26.1 Å². The van der Waals surface area contributed by atoms with Crippen molar-refractivity contribution in [3.8, 4) is 11.5 Å². The molecule has 38 heavy (non-hydrogen) atoms. The number of hydrogen-bond acceptors (Lipinski definition) is 6. The number of esters is 1. The third kappa shape index (κ3) is 4.57. The largest absolute Gasteiger partial charge is 0.488 e. The maximum absolute atomic E-state index is 13.1. The van der Waals surface area contributed by atoms with Crippen molar-refractivity contribution in [3.05, 3.63) is 129 Å². The van der Waals surface area contributed by atoms with Gasteiger partial charge < -0.3 is 14.2 Å². The van der Waals surface area contributed by atoms with Gasteiger partial charge in [-0.1, -0.05) is 60.7 Å². The Balaban J connectivity index is 1.10. The number of carbonyl (C=O) groups is 3. The number of fused-ring (bicyclic) bond motifs is 4. The number of rotatable bonds is 5. The van der Waals surface area contributed by atoms with Gasteiger partial charge in [0, 0.05) is 28.7 Å². The van der Waals surface area contributed by atoms with Gasteiger partial charge in [0.1, 0.15) is 24.7 Å². The van der Waals surface area contributed by atoms with Crippen molar-refractivity contribution >= 4 is 17.5 Å². The Morgan fingerprint density at radius 3 is 1.79 bits per heavy atom. The lowest BCUT2D eigenvalue weighted by Gasteiger charge is -2.10. The molecule has 6 heteroatoms. The third-order valence-corrected chi connectivity index (χ3v) is 6.87. The average Bonchev–Trinajstić information content (AvgIpc) is 3.17. The zero-order chi connectivity index (χ0) is 26.1. The maximum Gasteiger partial charge on any atom is 0.310 e. The van der Waals surface area contributed by atoms with Crippen LogP contribution in [0.4, 0.5) is 0 Å². The van der Waals surface area contributed by atoms with Gasteiger partial charge in [0.25, 0.3) is 0 Å². The molecular formula is C32H24O6. The van der Waals surface area contributed by atoms with Crippen LogP contribution in [0.5, 0.6) is 11.5 Å². The number of hydrogen-bond donors (Lipinski definition) is 0. The molecule has 2 aliphatic heterocycles. The van der Waals surface area contributed by atoms with Gasteiger partial charge in [-0.05, 0) is 35.4 Å². The van der Waals surface area contributed by atoms with Gasteiger partial charge in [-0.25, -0.2) is 0 Å². The van der Waals surface area contributed by atoms with Crippen LogP contribution < -0.4 is 9.47 Å². The van der Waals surface area contributed by atoms with E-state index in [1.165, 1.54) is 0 Å². The second-order valence-electron chi connectivity index (χ2n) is 9.36. The summed E-state index contributed by atoms with van der Waals surface area (Å²) in [5, 5.41) is 0.